The van der Waals surface area contributed by atoms with Crippen LogP contribution in [0.3, 0.4) is 0 Å². The Morgan fingerprint density at radius 2 is 1.87 bits per heavy atom. The Labute approximate surface area is 227 Å². The number of ether oxygens (including phenoxy) is 1. The zero-order valence-electron chi connectivity index (χ0n) is 22.4. The van der Waals surface area contributed by atoms with Crippen LogP contribution >= 0.6 is 0 Å². The minimum absolute atomic E-state index is 0.00433. The van der Waals surface area contributed by atoms with E-state index in [0.717, 1.165) is 18.6 Å². The molecule has 0 bridgehead atoms. The monoisotopic (exact) mass is 533 g/mol. The molecule has 1 fully saturated rings. The maximum atomic E-state index is 13.6. The first kappa shape index (κ1) is 26.5. The number of furan rings is 1. The number of piperidine rings is 1. The number of likely N-dealkylation sites (tertiary alicyclic amines) is 1. The number of nitrogens with zero attached hydrogens (tertiary/aromatic N) is 2. The van der Waals surface area contributed by atoms with E-state index >= 15 is 0 Å². The van der Waals surface area contributed by atoms with Gasteiger partial charge in [0.1, 0.15) is 23.8 Å². The van der Waals surface area contributed by atoms with Gasteiger partial charge in [0.05, 0.1) is 17.0 Å². The van der Waals surface area contributed by atoms with Crippen molar-refractivity contribution >= 4 is 17.7 Å². The van der Waals surface area contributed by atoms with Crippen molar-refractivity contribution in [3.63, 3.8) is 0 Å². The number of aryl methyl sites for hydroxylation is 1. The summed E-state index contributed by atoms with van der Waals surface area (Å²) >= 11 is 0. The molecule has 1 atom stereocenters. The number of benzene rings is 1. The summed E-state index contributed by atoms with van der Waals surface area (Å²) in [5.74, 6) is 1.58. The predicted octanol–water partition coefficient (Wildman–Crippen LogP) is 3.70. The van der Waals surface area contributed by atoms with Gasteiger partial charge in [0.25, 0.3) is 11.8 Å². The number of hydrogen-bond donors (Lipinski definition) is 3. The van der Waals surface area contributed by atoms with Crippen LogP contribution < -0.4 is 15.4 Å². The van der Waals surface area contributed by atoms with E-state index in [1.54, 1.807) is 23.1 Å². The van der Waals surface area contributed by atoms with Crippen LogP contribution in [0.25, 0.3) is 11.5 Å². The summed E-state index contributed by atoms with van der Waals surface area (Å²) in [6.07, 6.45) is 3.35. The second kappa shape index (κ2) is 11.3. The summed E-state index contributed by atoms with van der Waals surface area (Å²) < 4.78 is 11.6. The van der Waals surface area contributed by atoms with Crippen molar-refractivity contribution in [1.29, 1.82) is 0 Å². The van der Waals surface area contributed by atoms with Gasteiger partial charge < -0.3 is 24.7 Å². The number of carbonyl (C=O) groups excluding carboxylic acids is 3. The topological polar surface area (TPSA) is 130 Å². The molecule has 206 valence electrons. The van der Waals surface area contributed by atoms with Crippen LogP contribution in [0, 0.1) is 12.3 Å². The van der Waals surface area contributed by atoms with Crippen molar-refractivity contribution in [2.45, 2.75) is 52.0 Å². The van der Waals surface area contributed by atoms with E-state index in [9.17, 15) is 14.4 Å². The van der Waals surface area contributed by atoms with Crippen molar-refractivity contribution in [3.8, 4) is 17.2 Å². The number of carbonyl (C=O) groups is 3. The van der Waals surface area contributed by atoms with Gasteiger partial charge in [-0.1, -0.05) is 18.6 Å². The molecule has 3 aromatic rings. The van der Waals surface area contributed by atoms with Gasteiger partial charge in [-0.25, -0.2) is 0 Å². The van der Waals surface area contributed by atoms with Gasteiger partial charge in [0.15, 0.2) is 11.5 Å². The number of nitrogens with one attached hydrogen (secondary N) is 3. The highest BCUT2D eigenvalue weighted by atomic mass is 16.5. The Balaban J connectivity index is 1.25. The van der Waals surface area contributed by atoms with Gasteiger partial charge in [0, 0.05) is 25.7 Å². The quantitative estimate of drug-likeness (QED) is 0.461. The molecule has 39 heavy (non-hydrogen) atoms. The lowest BCUT2D eigenvalue weighted by Crippen LogP contribution is -2.52. The number of aromatic nitrogens is 2. The number of fused-ring (bicyclic) bond motifs is 1. The van der Waals surface area contributed by atoms with Crippen molar-refractivity contribution in [2.24, 2.45) is 5.41 Å². The number of amides is 3. The van der Waals surface area contributed by atoms with Gasteiger partial charge in [-0.15, -0.1) is 0 Å². The molecule has 10 heteroatoms. The van der Waals surface area contributed by atoms with Crippen molar-refractivity contribution in [2.75, 3.05) is 26.2 Å². The molecule has 2 aliphatic heterocycles. The second-order valence-corrected chi connectivity index (χ2v) is 10.5. The average Bonchev–Trinajstić information content (AvgIpc) is 3.60. The Kier molecular flexibility index (Phi) is 7.72. The number of para-hydroxylation sites is 1. The van der Waals surface area contributed by atoms with Crippen molar-refractivity contribution in [1.82, 2.24) is 25.7 Å². The van der Waals surface area contributed by atoms with Gasteiger partial charge >= 0.3 is 0 Å². The number of aromatic amines is 1. The van der Waals surface area contributed by atoms with E-state index in [2.05, 4.69) is 20.8 Å². The lowest BCUT2D eigenvalue weighted by molar-refractivity contribution is -0.135. The van der Waals surface area contributed by atoms with E-state index < -0.39 is 5.41 Å². The van der Waals surface area contributed by atoms with Gasteiger partial charge in [0.2, 0.25) is 5.91 Å². The zero-order valence-corrected chi connectivity index (χ0v) is 22.4. The molecule has 5 rings (SSSR count). The molecular formula is C29H35N5O5. The van der Waals surface area contributed by atoms with Crippen LogP contribution in [0.2, 0.25) is 0 Å². The molecule has 2 aromatic heterocycles. The van der Waals surface area contributed by atoms with Crippen molar-refractivity contribution < 1.29 is 23.5 Å². The standard InChI is InChI=1S/C29H35N5O5/c1-19-18-38-24-8-4-3-7-21(24)26(35)30-14-6-5-11-29(28(37)31-19)12-15-34(16-13-29)27(36)23-17-22(32-33-23)25-10-9-20(2)39-25/h3-4,7-10,17,19H,5-6,11-16,18H2,1-2H3,(H,30,35)(H,31,37)(H,32,33)/t19-/m1/s1. The molecule has 0 radical (unpaired) electrons. The van der Waals surface area contributed by atoms with Crippen LogP contribution in [-0.2, 0) is 4.79 Å². The lowest BCUT2D eigenvalue weighted by Gasteiger charge is -2.41. The molecule has 3 N–H and O–H groups in total. The molecule has 0 aliphatic carbocycles. The summed E-state index contributed by atoms with van der Waals surface area (Å²) in [7, 11) is 0. The highest BCUT2D eigenvalue weighted by molar-refractivity contribution is 5.97. The Bertz CT molecular complexity index is 1340. The highest BCUT2D eigenvalue weighted by Crippen LogP contribution is 2.38. The number of hydrogen-bond acceptors (Lipinski definition) is 6. The summed E-state index contributed by atoms with van der Waals surface area (Å²) in [4.78, 5) is 41.3. The Morgan fingerprint density at radius 3 is 2.64 bits per heavy atom. The first-order valence-corrected chi connectivity index (χ1v) is 13.6. The molecule has 4 heterocycles. The van der Waals surface area contributed by atoms with E-state index in [1.807, 2.05) is 38.1 Å². The number of rotatable bonds is 2. The highest BCUT2D eigenvalue weighted by Gasteiger charge is 2.42. The third-order valence-corrected chi connectivity index (χ3v) is 7.66. The normalized spacial score (nSPS) is 20.4. The van der Waals surface area contributed by atoms with E-state index in [-0.39, 0.29) is 30.4 Å². The maximum Gasteiger partial charge on any atom is 0.274 e. The fourth-order valence-corrected chi connectivity index (χ4v) is 5.33. The minimum Gasteiger partial charge on any atom is -0.491 e. The fourth-order valence-electron chi connectivity index (χ4n) is 5.33. The summed E-state index contributed by atoms with van der Waals surface area (Å²) in [5.41, 5.74) is 0.882. The van der Waals surface area contributed by atoms with E-state index in [4.69, 9.17) is 9.15 Å². The van der Waals surface area contributed by atoms with Gasteiger partial charge in [-0.2, -0.15) is 5.10 Å². The van der Waals surface area contributed by atoms with Crippen LogP contribution in [0.1, 0.15) is 65.6 Å². The molecule has 3 amide bonds. The SMILES string of the molecule is Cc1ccc(-c2cc(C(=O)N3CCC4(CCCCNC(=O)c5ccccc5OC[C@@H](C)NC4=O)CC3)n[nH]2)o1. The third kappa shape index (κ3) is 5.84. The lowest BCUT2D eigenvalue weighted by atomic mass is 9.73. The Hall–Kier alpha value is -4.08. The smallest absolute Gasteiger partial charge is 0.274 e. The molecule has 1 aromatic carbocycles. The molecule has 1 saturated heterocycles. The summed E-state index contributed by atoms with van der Waals surface area (Å²) in [5, 5.41) is 13.2. The predicted molar refractivity (Wildman–Crippen MR) is 144 cm³/mol. The molecule has 1 spiro atoms. The number of H-pyrrole nitrogens is 1. The van der Waals surface area contributed by atoms with Gasteiger partial charge in [-0.3, -0.25) is 19.5 Å². The fraction of sp³-hybridized carbons (Fsp3) is 0.448. The summed E-state index contributed by atoms with van der Waals surface area (Å²) in [6.45, 7) is 5.44. The first-order valence-electron chi connectivity index (χ1n) is 13.6. The average molecular weight is 534 g/mol. The molecule has 10 nitrogen and oxygen atoms in total. The maximum absolute atomic E-state index is 13.6. The first-order chi connectivity index (χ1) is 18.8. The minimum atomic E-state index is -0.584. The molecule has 0 unspecified atom stereocenters. The second-order valence-electron chi connectivity index (χ2n) is 10.5. The van der Waals surface area contributed by atoms with E-state index in [1.165, 1.54) is 0 Å². The third-order valence-electron chi connectivity index (χ3n) is 7.66. The van der Waals surface area contributed by atoms with Crippen LogP contribution in [0.4, 0.5) is 0 Å². The van der Waals surface area contributed by atoms with Gasteiger partial charge in [-0.05, 0) is 63.8 Å². The molecular weight excluding hydrogens is 498 g/mol. The van der Waals surface area contributed by atoms with Crippen LogP contribution in [-0.4, -0.2) is 65.1 Å². The van der Waals surface area contributed by atoms with Crippen LogP contribution in [0.15, 0.2) is 46.9 Å². The summed E-state index contributed by atoms with van der Waals surface area (Å²) in [6, 6.07) is 12.3. The zero-order chi connectivity index (χ0) is 27.4. The van der Waals surface area contributed by atoms with E-state index in [0.29, 0.717) is 67.4 Å². The van der Waals surface area contributed by atoms with Crippen LogP contribution in [0.5, 0.6) is 5.75 Å². The Morgan fingerprint density at radius 1 is 1.08 bits per heavy atom. The molecule has 2 aliphatic rings. The molecule has 0 saturated carbocycles. The van der Waals surface area contributed by atoms with Crippen molar-refractivity contribution in [3.05, 3.63) is 59.5 Å². The largest absolute Gasteiger partial charge is 0.491 e.